The summed E-state index contributed by atoms with van der Waals surface area (Å²) < 4.78 is 20.0. The summed E-state index contributed by atoms with van der Waals surface area (Å²) in [5.41, 5.74) is 1.17. The fourth-order valence-electron chi connectivity index (χ4n) is 5.44. The van der Waals surface area contributed by atoms with Gasteiger partial charge in [0.1, 0.15) is 18.1 Å². The smallest absolute Gasteiger partial charge is 0.331 e. The minimum atomic E-state index is -0.513. The number of carbonyl (C=O) groups is 3. The van der Waals surface area contributed by atoms with Crippen LogP contribution in [0.4, 0.5) is 14.9 Å². The monoisotopic (exact) mass is 554 g/mol. The second-order valence-electron chi connectivity index (χ2n) is 10.2. The summed E-state index contributed by atoms with van der Waals surface area (Å²) in [7, 11) is 1.57. The molecule has 2 heterocycles. The molecule has 9 nitrogen and oxygen atoms in total. The molecule has 0 spiro atoms. The third-order valence-corrected chi connectivity index (χ3v) is 7.85. The largest absolute Gasteiger partial charge is 0.492 e. The molecule has 1 atom stereocenters. The van der Waals surface area contributed by atoms with Gasteiger partial charge >= 0.3 is 6.03 Å². The molecule has 2 aromatic carbocycles. The molecule has 4 amide bonds. The maximum atomic E-state index is 14.0. The minimum absolute atomic E-state index is 0.0198. The zero-order chi connectivity index (χ0) is 27.7. The molecular weight excluding hydrogens is 527 g/mol. The number of amides is 4. The maximum absolute atomic E-state index is 14.0. The van der Waals surface area contributed by atoms with Crippen molar-refractivity contribution in [3.63, 3.8) is 0 Å². The topological polar surface area (TPSA) is 103 Å². The normalized spacial score (nSPS) is 23.3. The van der Waals surface area contributed by atoms with E-state index in [0.717, 1.165) is 17.7 Å². The van der Waals surface area contributed by atoms with E-state index in [9.17, 15) is 24.0 Å². The predicted molar refractivity (Wildman–Crippen MR) is 139 cm³/mol. The van der Waals surface area contributed by atoms with E-state index < -0.39 is 17.9 Å². The lowest BCUT2D eigenvalue weighted by molar-refractivity contribution is -0.183. The van der Waals surface area contributed by atoms with E-state index in [0.29, 0.717) is 54.5 Å². The Bertz CT molecular complexity index is 1340. The lowest BCUT2D eigenvalue weighted by Crippen LogP contribution is -2.37. The standard InChI is InChI=1S/C28H28ClFN4O5/c1-32-15-26(35)33(28(32)37)22-6-7-23(29)25(13-22)38-16-17-2-4-19(5-3-17)27(36)34-24(8-9-39-34)20-10-18(14-31)11-21(30)12-20/h6-7,10-13,17,19,24H,2-5,8-9,15-16H2,1H3/t17?,19?,24-/m0/s1. The number of halogens is 2. The molecule has 0 bridgehead atoms. The second kappa shape index (κ2) is 11.2. The van der Waals surface area contributed by atoms with Gasteiger partial charge < -0.3 is 9.64 Å². The first kappa shape index (κ1) is 26.9. The Hall–Kier alpha value is -3.68. The van der Waals surface area contributed by atoms with Crippen molar-refractivity contribution in [1.82, 2.24) is 9.96 Å². The van der Waals surface area contributed by atoms with Gasteiger partial charge in [-0.05, 0) is 67.5 Å². The molecule has 0 unspecified atom stereocenters. The van der Waals surface area contributed by atoms with Crippen LogP contribution in [0.25, 0.3) is 0 Å². The molecule has 2 aliphatic heterocycles. The van der Waals surface area contributed by atoms with Crippen LogP contribution in [0.2, 0.25) is 5.02 Å². The first-order valence-corrected chi connectivity index (χ1v) is 13.3. The average molecular weight is 555 g/mol. The molecule has 2 saturated heterocycles. The third kappa shape index (κ3) is 5.56. The van der Waals surface area contributed by atoms with Gasteiger partial charge in [0.05, 0.1) is 41.6 Å². The Morgan fingerprint density at radius 2 is 1.92 bits per heavy atom. The number of hydrogen-bond donors (Lipinski definition) is 0. The molecule has 2 aromatic rings. The summed E-state index contributed by atoms with van der Waals surface area (Å²) in [4.78, 5) is 46.0. The van der Waals surface area contributed by atoms with E-state index >= 15 is 0 Å². The highest BCUT2D eigenvalue weighted by molar-refractivity contribution is 6.32. The number of benzene rings is 2. The van der Waals surface area contributed by atoms with E-state index in [-0.39, 0.29) is 35.8 Å². The molecule has 1 saturated carbocycles. The first-order chi connectivity index (χ1) is 18.7. The molecular formula is C28H28ClFN4O5. The average Bonchev–Trinajstić information content (AvgIpc) is 3.52. The van der Waals surface area contributed by atoms with Crippen LogP contribution in [-0.4, -0.2) is 54.6 Å². The van der Waals surface area contributed by atoms with Crippen molar-refractivity contribution in [3.8, 4) is 11.8 Å². The number of hydroxylamine groups is 2. The van der Waals surface area contributed by atoms with E-state index in [1.54, 1.807) is 31.3 Å². The van der Waals surface area contributed by atoms with Crippen molar-refractivity contribution in [1.29, 1.82) is 5.26 Å². The molecule has 0 N–H and O–H groups in total. The fourth-order valence-corrected chi connectivity index (χ4v) is 5.61. The summed E-state index contributed by atoms with van der Waals surface area (Å²) in [5.74, 6) is -0.581. The number of likely N-dealkylation sites (N-methyl/N-ethyl adjacent to an activating group) is 1. The summed E-state index contributed by atoms with van der Waals surface area (Å²) in [6.07, 6.45) is 3.37. The van der Waals surface area contributed by atoms with Crippen molar-refractivity contribution < 1.29 is 28.3 Å². The molecule has 204 valence electrons. The highest BCUT2D eigenvalue weighted by Gasteiger charge is 2.38. The Kier molecular flexibility index (Phi) is 7.73. The van der Waals surface area contributed by atoms with Gasteiger partial charge in [-0.1, -0.05) is 11.6 Å². The van der Waals surface area contributed by atoms with Crippen LogP contribution < -0.4 is 9.64 Å². The van der Waals surface area contributed by atoms with Crippen LogP contribution in [0.1, 0.15) is 49.3 Å². The van der Waals surface area contributed by atoms with E-state index in [1.165, 1.54) is 22.1 Å². The lowest BCUT2D eigenvalue weighted by atomic mass is 9.81. The van der Waals surface area contributed by atoms with Crippen molar-refractivity contribution in [2.24, 2.45) is 11.8 Å². The van der Waals surface area contributed by atoms with Crippen LogP contribution in [0.15, 0.2) is 36.4 Å². The molecule has 1 aliphatic carbocycles. The number of anilines is 1. The number of ether oxygens (including phenoxy) is 1. The summed E-state index contributed by atoms with van der Waals surface area (Å²) in [6.45, 7) is 0.754. The van der Waals surface area contributed by atoms with Crippen molar-refractivity contribution in [3.05, 3.63) is 58.4 Å². The number of carbonyl (C=O) groups excluding carboxylic acids is 3. The van der Waals surface area contributed by atoms with Crippen LogP contribution in [0, 0.1) is 29.0 Å². The van der Waals surface area contributed by atoms with E-state index in [1.807, 2.05) is 6.07 Å². The summed E-state index contributed by atoms with van der Waals surface area (Å²) in [6, 6.07) is 10.1. The van der Waals surface area contributed by atoms with E-state index in [4.69, 9.17) is 21.2 Å². The van der Waals surface area contributed by atoms with Gasteiger partial charge in [0, 0.05) is 25.5 Å². The third-order valence-electron chi connectivity index (χ3n) is 7.54. The lowest BCUT2D eigenvalue weighted by Gasteiger charge is -2.32. The Morgan fingerprint density at radius 1 is 1.15 bits per heavy atom. The Morgan fingerprint density at radius 3 is 2.62 bits per heavy atom. The van der Waals surface area contributed by atoms with Gasteiger partial charge in [0.25, 0.3) is 5.91 Å². The van der Waals surface area contributed by atoms with E-state index in [2.05, 4.69) is 0 Å². The summed E-state index contributed by atoms with van der Waals surface area (Å²) >= 11 is 6.32. The van der Waals surface area contributed by atoms with Gasteiger partial charge in [-0.25, -0.2) is 19.1 Å². The molecule has 11 heteroatoms. The number of rotatable bonds is 6. The van der Waals surface area contributed by atoms with Crippen LogP contribution in [0.3, 0.4) is 0 Å². The van der Waals surface area contributed by atoms with Gasteiger partial charge in [0.2, 0.25) is 5.91 Å². The summed E-state index contributed by atoms with van der Waals surface area (Å²) in [5, 5.41) is 10.9. The fraction of sp³-hybridized carbons (Fsp3) is 0.429. The van der Waals surface area contributed by atoms with Gasteiger partial charge in [-0.3, -0.25) is 14.4 Å². The van der Waals surface area contributed by atoms with Crippen LogP contribution in [0.5, 0.6) is 5.75 Å². The molecule has 3 fully saturated rings. The number of nitrogens with zero attached hydrogens (tertiary/aromatic N) is 4. The van der Waals surface area contributed by atoms with Crippen LogP contribution in [-0.2, 0) is 14.4 Å². The number of imide groups is 1. The molecule has 3 aliphatic rings. The zero-order valence-corrected chi connectivity index (χ0v) is 22.2. The maximum Gasteiger partial charge on any atom is 0.331 e. The van der Waals surface area contributed by atoms with Gasteiger partial charge in [-0.2, -0.15) is 5.26 Å². The van der Waals surface area contributed by atoms with Crippen molar-refractivity contribution >= 4 is 35.1 Å². The highest BCUT2D eigenvalue weighted by atomic mass is 35.5. The Balaban J connectivity index is 1.17. The zero-order valence-electron chi connectivity index (χ0n) is 21.4. The van der Waals surface area contributed by atoms with Gasteiger partial charge in [0.15, 0.2) is 0 Å². The molecule has 0 aromatic heterocycles. The second-order valence-corrected chi connectivity index (χ2v) is 10.6. The molecule has 5 rings (SSSR count). The number of hydrogen-bond acceptors (Lipinski definition) is 6. The molecule has 39 heavy (non-hydrogen) atoms. The quantitative estimate of drug-likeness (QED) is 0.473. The molecule has 0 radical (unpaired) electrons. The number of nitriles is 1. The van der Waals surface area contributed by atoms with Crippen molar-refractivity contribution in [2.45, 2.75) is 38.1 Å². The van der Waals surface area contributed by atoms with Crippen LogP contribution >= 0.6 is 11.6 Å². The highest BCUT2D eigenvalue weighted by Crippen LogP contribution is 2.38. The minimum Gasteiger partial charge on any atom is -0.492 e. The Labute approximate surface area is 230 Å². The number of urea groups is 1. The SMILES string of the molecule is CN1CC(=O)N(c2ccc(Cl)c(OCC3CCC(C(=O)N4OCC[C@H]4c4cc(F)cc(C#N)c4)CC3)c2)C1=O. The first-order valence-electron chi connectivity index (χ1n) is 12.9. The van der Waals surface area contributed by atoms with Crippen molar-refractivity contribution in [2.75, 3.05) is 31.7 Å². The predicted octanol–water partition coefficient (Wildman–Crippen LogP) is 4.84. The van der Waals surface area contributed by atoms with Gasteiger partial charge in [-0.15, -0.1) is 0 Å².